The Morgan fingerprint density at radius 3 is 2.69 bits per heavy atom. The number of benzene rings is 1. The predicted molar refractivity (Wildman–Crippen MR) is 66.8 cm³/mol. The van der Waals surface area contributed by atoms with E-state index in [0.29, 0.717) is 11.3 Å². The minimum absolute atomic E-state index is 0.0845. The average molecular weight is 239 g/mol. The highest BCUT2D eigenvalue weighted by atomic mass is 32.2. The lowest BCUT2D eigenvalue weighted by Gasteiger charge is -2.09. The number of nitrogens with one attached hydrogen (secondary N) is 1. The molecule has 4 heteroatoms. The van der Waals surface area contributed by atoms with E-state index in [4.69, 9.17) is 0 Å². The summed E-state index contributed by atoms with van der Waals surface area (Å²) < 4.78 is 11.1. The third kappa shape index (κ3) is 4.14. The van der Waals surface area contributed by atoms with E-state index in [-0.39, 0.29) is 11.9 Å². The lowest BCUT2D eigenvalue weighted by molar-refractivity contribution is 0.0943. The molecule has 1 aromatic carbocycles. The summed E-state index contributed by atoms with van der Waals surface area (Å²) in [5.74, 6) is 0.404. The van der Waals surface area contributed by atoms with Gasteiger partial charge in [0.2, 0.25) is 0 Å². The summed E-state index contributed by atoms with van der Waals surface area (Å²) in [6.07, 6.45) is 1.65. The van der Waals surface area contributed by atoms with Crippen molar-refractivity contribution in [3.8, 4) is 0 Å². The van der Waals surface area contributed by atoms with Crippen molar-refractivity contribution in [3.05, 3.63) is 35.4 Å². The molecule has 0 fully saturated rings. The molecule has 0 bridgehead atoms. The molecule has 0 aromatic heterocycles. The molecular weight excluding hydrogens is 222 g/mol. The van der Waals surface area contributed by atoms with E-state index in [1.165, 1.54) is 0 Å². The quantitative estimate of drug-likeness (QED) is 0.869. The van der Waals surface area contributed by atoms with Crippen LogP contribution in [-0.2, 0) is 16.6 Å². The first-order valence-corrected chi connectivity index (χ1v) is 6.91. The van der Waals surface area contributed by atoms with Crippen molar-refractivity contribution in [1.29, 1.82) is 0 Å². The fourth-order valence-corrected chi connectivity index (χ4v) is 2.03. The topological polar surface area (TPSA) is 46.2 Å². The second-order valence-electron chi connectivity index (χ2n) is 4.05. The van der Waals surface area contributed by atoms with Gasteiger partial charge < -0.3 is 5.32 Å². The summed E-state index contributed by atoms with van der Waals surface area (Å²) in [7, 11) is -0.880. The van der Waals surface area contributed by atoms with Crippen LogP contribution >= 0.6 is 0 Å². The van der Waals surface area contributed by atoms with Crippen molar-refractivity contribution in [3.63, 3.8) is 0 Å². The van der Waals surface area contributed by atoms with E-state index in [9.17, 15) is 9.00 Å². The van der Waals surface area contributed by atoms with Gasteiger partial charge in [-0.25, -0.2) is 0 Å². The van der Waals surface area contributed by atoms with Crippen LogP contribution < -0.4 is 5.32 Å². The minimum atomic E-state index is -0.880. The highest BCUT2D eigenvalue weighted by Gasteiger charge is 2.07. The van der Waals surface area contributed by atoms with E-state index in [1.807, 2.05) is 26.0 Å². The van der Waals surface area contributed by atoms with Gasteiger partial charge in [0, 0.05) is 34.4 Å². The Morgan fingerprint density at radius 2 is 2.12 bits per heavy atom. The van der Waals surface area contributed by atoms with Crippen molar-refractivity contribution in [2.45, 2.75) is 25.6 Å². The van der Waals surface area contributed by atoms with E-state index < -0.39 is 10.8 Å². The lowest BCUT2D eigenvalue weighted by atomic mass is 10.1. The molecule has 88 valence electrons. The van der Waals surface area contributed by atoms with Gasteiger partial charge in [0.15, 0.2) is 0 Å². The molecule has 0 aliphatic rings. The molecule has 0 radical (unpaired) electrons. The number of carbonyl (C=O) groups excluding carboxylic acids is 1. The zero-order chi connectivity index (χ0) is 12.1. The largest absolute Gasteiger partial charge is 0.350 e. The van der Waals surface area contributed by atoms with Gasteiger partial charge in [-0.1, -0.05) is 12.1 Å². The van der Waals surface area contributed by atoms with Gasteiger partial charge in [-0.15, -0.1) is 0 Å². The summed E-state index contributed by atoms with van der Waals surface area (Å²) in [6, 6.07) is 7.38. The van der Waals surface area contributed by atoms with Crippen LogP contribution in [-0.4, -0.2) is 22.4 Å². The van der Waals surface area contributed by atoms with E-state index in [1.54, 1.807) is 18.4 Å². The van der Waals surface area contributed by atoms with Crippen molar-refractivity contribution in [2.75, 3.05) is 6.26 Å². The zero-order valence-corrected chi connectivity index (χ0v) is 10.6. The molecule has 1 N–H and O–H groups in total. The molecule has 1 atom stereocenters. The Hall–Kier alpha value is -1.16. The maximum Gasteiger partial charge on any atom is 0.251 e. The van der Waals surface area contributed by atoms with Crippen molar-refractivity contribution >= 4 is 16.7 Å². The monoisotopic (exact) mass is 239 g/mol. The fourth-order valence-electron chi connectivity index (χ4n) is 1.38. The fraction of sp³-hybridized carbons (Fsp3) is 0.417. The summed E-state index contributed by atoms with van der Waals surface area (Å²) in [5.41, 5.74) is 1.55. The molecule has 0 spiro atoms. The molecule has 3 nitrogen and oxygen atoms in total. The number of amides is 1. The molecule has 1 rings (SSSR count). The van der Waals surface area contributed by atoms with Crippen LogP contribution in [0.1, 0.15) is 29.8 Å². The van der Waals surface area contributed by atoms with Gasteiger partial charge in [-0.05, 0) is 31.5 Å². The lowest BCUT2D eigenvalue weighted by Crippen LogP contribution is -2.30. The molecule has 0 aliphatic heterocycles. The minimum Gasteiger partial charge on any atom is -0.350 e. The second-order valence-corrected chi connectivity index (χ2v) is 5.48. The van der Waals surface area contributed by atoms with E-state index in [2.05, 4.69) is 5.32 Å². The number of rotatable bonds is 4. The van der Waals surface area contributed by atoms with Crippen molar-refractivity contribution < 1.29 is 9.00 Å². The molecule has 0 saturated carbocycles. The molecule has 1 aromatic rings. The first-order chi connectivity index (χ1) is 7.49. The second kappa shape index (κ2) is 5.80. The summed E-state index contributed by atoms with van der Waals surface area (Å²) in [4.78, 5) is 11.7. The van der Waals surface area contributed by atoms with Crippen LogP contribution in [0.5, 0.6) is 0 Å². The van der Waals surface area contributed by atoms with Gasteiger partial charge in [0.25, 0.3) is 5.91 Å². The van der Waals surface area contributed by atoms with Crippen LogP contribution in [0, 0.1) is 0 Å². The standard InChI is InChI=1S/C12H17NO2S/c1-9(2)13-12(14)11-6-4-5-10(7-11)8-16(3)15/h4-7,9H,8H2,1-3H3,(H,13,14). The van der Waals surface area contributed by atoms with Gasteiger partial charge in [0.05, 0.1) is 0 Å². The Labute approximate surface area is 98.7 Å². The van der Waals surface area contributed by atoms with Crippen LogP contribution in [0.2, 0.25) is 0 Å². The van der Waals surface area contributed by atoms with Crippen LogP contribution in [0.3, 0.4) is 0 Å². The molecule has 0 heterocycles. The highest BCUT2D eigenvalue weighted by Crippen LogP contribution is 2.07. The molecule has 1 unspecified atom stereocenters. The summed E-state index contributed by atoms with van der Waals surface area (Å²) in [5, 5.41) is 2.82. The zero-order valence-electron chi connectivity index (χ0n) is 9.82. The third-order valence-corrected chi connectivity index (χ3v) is 2.72. The third-order valence-electron chi connectivity index (χ3n) is 1.98. The van der Waals surface area contributed by atoms with Gasteiger partial charge in [-0.3, -0.25) is 9.00 Å². The van der Waals surface area contributed by atoms with E-state index >= 15 is 0 Å². The Morgan fingerprint density at radius 1 is 1.44 bits per heavy atom. The van der Waals surface area contributed by atoms with Crippen LogP contribution in [0.4, 0.5) is 0 Å². The van der Waals surface area contributed by atoms with Gasteiger partial charge in [-0.2, -0.15) is 0 Å². The van der Waals surface area contributed by atoms with Gasteiger partial charge in [0.1, 0.15) is 0 Å². The molecular formula is C12H17NO2S. The normalized spacial score (nSPS) is 12.5. The average Bonchev–Trinajstić information content (AvgIpc) is 2.16. The van der Waals surface area contributed by atoms with Crippen LogP contribution in [0.15, 0.2) is 24.3 Å². The van der Waals surface area contributed by atoms with E-state index in [0.717, 1.165) is 5.56 Å². The first-order valence-electron chi connectivity index (χ1n) is 5.19. The van der Waals surface area contributed by atoms with Crippen molar-refractivity contribution in [2.24, 2.45) is 0 Å². The Kier molecular flexibility index (Phi) is 4.68. The predicted octanol–water partition coefficient (Wildman–Crippen LogP) is 1.70. The summed E-state index contributed by atoms with van der Waals surface area (Å²) >= 11 is 0. The molecule has 1 amide bonds. The highest BCUT2D eigenvalue weighted by molar-refractivity contribution is 7.83. The molecule has 16 heavy (non-hydrogen) atoms. The number of carbonyl (C=O) groups is 1. The maximum atomic E-state index is 11.7. The Bertz CT molecular complexity index is 402. The molecule has 0 aliphatic carbocycles. The SMILES string of the molecule is CC(C)NC(=O)c1cccc(CS(C)=O)c1. The smallest absolute Gasteiger partial charge is 0.251 e. The Balaban J connectivity index is 2.81. The van der Waals surface area contributed by atoms with Gasteiger partial charge >= 0.3 is 0 Å². The first kappa shape index (κ1) is 12.9. The maximum absolute atomic E-state index is 11.7. The number of hydrogen-bond acceptors (Lipinski definition) is 2. The molecule has 0 saturated heterocycles. The van der Waals surface area contributed by atoms with Crippen LogP contribution in [0.25, 0.3) is 0 Å². The number of hydrogen-bond donors (Lipinski definition) is 1. The summed E-state index contributed by atoms with van der Waals surface area (Å²) in [6.45, 7) is 3.84. The van der Waals surface area contributed by atoms with Crippen molar-refractivity contribution in [1.82, 2.24) is 5.32 Å².